The number of pyridine rings is 1. The van der Waals surface area contributed by atoms with Gasteiger partial charge in [0.05, 0.1) is 4.51 Å². The number of nitrogens with one attached hydrogen (secondary N) is 1. The molecule has 3 nitrogen and oxygen atoms in total. The molecule has 58 valence electrons. The van der Waals surface area contributed by atoms with Gasteiger partial charge in [-0.2, -0.15) is 0 Å². The summed E-state index contributed by atoms with van der Waals surface area (Å²) >= 11 is 5.01. The molecule has 0 spiro atoms. The van der Waals surface area contributed by atoms with Crippen molar-refractivity contribution in [2.24, 2.45) is 0 Å². The lowest BCUT2D eigenvalue weighted by Crippen LogP contribution is -2.16. The zero-order valence-corrected chi connectivity index (χ0v) is 6.61. The van der Waals surface area contributed by atoms with E-state index in [1.54, 1.807) is 12.3 Å². The van der Waals surface area contributed by atoms with E-state index in [2.05, 4.69) is 4.98 Å². The maximum Gasteiger partial charge on any atom is 0.236 e. The van der Waals surface area contributed by atoms with Crippen LogP contribution in [0.3, 0.4) is 0 Å². The Balaban J connectivity index is 2.58. The molecular weight excluding hydrogens is 162 g/mol. The molecule has 1 aromatic heterocycles. The third-order valence-corrected chi connectivity index (χ3v) is 1.78. The second-order valence-corrected chi connectivity index (χ2v) is 2.64. The number of fused-ring (bicyclic) bond motifs is 1. The maximum atomic E-state index is 5.29. The van der Waals surface area contributed by atoms with Crippen molar-refractivity contribution in [3.63, 3.8) is 0 Å². The van der Waals surface area contributed by atoms with Gasteiger partial charge in [0.15, 0.2) is 5.75 Å². The SMILES string of the molecule is S=c1cc[nH]c2c1OCCO2. The van der Waals surface area contributed by atoms with Crippen molar-refractivity contribution < 1.29 is 9.47 Å². The number of hydrogen-bond acceptors (Lipinski definition) is 3. The Morgan fingerprint density at radius 1 is 1.36 bits per heavy atom. The standard InChI is InChI=1S/C7H7NO2S/c11-5-1-2-8-7-6(5)9-3-4-10-7/h1-2H,3-4H2,(H,8,11). The molecule has 1 aliphatic heterocycles. The Bertz CT molecular complexity index is 320. The molecule has 2 heterocycles. The Morgan fingerprint density at radius 2 is 2.18 bits per heavy atom. The predicted octanol–water partition coefficient (Wildman–Crippen LogP) is 1.52. The first-order valence-corrected chi connectivity index (χ1v) is 3.76. The van der Waals surface area contributed by atoms with Crippen LogP contribution in [0.2, 0.25) is 0 Å². The van der Waals surface area contributed by atoms with E-state index < -0.39 is 0 Å². The van der Waals surface area contributed by atoms with Crippen LogP contribution >= 0.6 is 12.2 Å². The number of aromatic nitrogens is 1. The number of hydrogen-bond donors (Lipinski definition) is 1. The van der Waals surface area contributed by atoms with E-state index in [1.807, 2.05) is 0 Å². The predicted molar refractivity (Wildman–Crippen MR) is 42.6 cm³/mol. The van der Waals surface area contributed by atoms with E-state index >= 15 is 0 Å². The van der Waals surface area contributed by atoms with Crippen molar-refractivity contribution in [3.05, 3.63) is 16.8 Å². The smallest absolute Gasteiger partial charge is 0.236 e. The molecule has 1 aromatic rings. The van der Waals surface area contributed by atoms with Crippen LogP contribution in [0.15, 0.2) is 12.3 Å². The van der Waals surface area contributed by atoms with Gasteiger partial charge in [-0.3, -0.25) is 0 Å². The summed E-state index contributed by atoms with van der Waals surface area (Å²) in [6, 6.07) is 1.78. The summed E-state index contributed by atoms with van der Waals surface area (Å²) in [4.78, 5) is 2.92. The zero-order chi connectivity index (χ0) is 7.68. The van der Waals surface area contributed by atoms with Gasteiger partial charge in [-0.05, 0) is 6.07 Å². The Labute approximate surface area is 69.0 Å². The maximum absolute atomic E-state index is 5.29. The molecular formula is C7H7NO2S. The first kappa shape index (κ1) is 6.67. The third kappa shape index (κ3) is 1.09. The topological polar surface area (TPSA) is 34.2 Å². The lowest BCUT2D eigenvalue weighted by molar-refractivity contribution is 0.163. The summed E-state index contributed by atoms with van der Waals surface area (Å²) in [5, 5.41) is 0. The molecule has 0 atom stereocenters. The summed E-state index contributed by atoms with van der Waals surface area (Å²) < 4.78 is 11.2. The quantitative estimate of drug-likeness (QED) is 0.598. The summed E-state index contributed by atoms with van der Waals surface area (Å²) in [6.45, 7) is 1.16. The van der Waals surface area contributed by atoms with E-state index in [-0.39, 0.29) is 0 Å². The number of H-pyrrole nitrogens is 1. The van der Waals surface area contributed by atoms with Crippen LogP contribution < -0.4 is 9.47 Å². The fourth-order valence-corrected chi connectivity index (χ4v) is 1.20. The molecule has 0 amide bonds. The van der Waals surface area contributed by atoms with Crippen LogP contribution in [0.25, 0.3) is 0 Å². The Hall–Kier alpha value is -1.03. The highest BCUT2D eigenvalue weighted by Crippen LogP contribution is 2.27. The zero-order valence-electron chi connectivity index (χ0n) is 5.79. The minimum atomic E-state index is 0.578. The number of rotatable bonds is 0. The third-order valence-electron chi connectivity index (χ3n) is 1.46. The van der Waals surface area contributed by atoms with E-state index in [1.165, 1.54) is 0 Å². The average Bonchev–Trinajstić information content (AvgIpc) is 2.06. The first-order valence-electron chi connectivity index (χ1n) is 3.35. The number of aromatic amines is 1. The van der Waals surface area contributed by atoms with Gasteiger partial charge in [-0.15, -0.1) is 0 Å². The molecule has 0 radical (unpaired) electrons. The van der Waals surface area contributed by atoms with Crippen LogP contribution in [0.5, 0.6) is 11.6 Å². The van der Waals surface area contributed by atoms with Crippen LogP contribution in [0, 0.1) is 4.51 Å². The van der Waals surface area contributed by atoms with E-state index in [9.17, 15) is 0 Å². The van der Waals surface area contributed by atoms with Gasteiger partial charge in [-0.25, -0.2) is 0 Å². The van der Waals surface area contributed by atoms with Gasteiger partial charge in [0, 0.05) is 6.20 Å². The van der Waals surface area contributed by atoms with Crippen molar-refractivity contribution in [1.82, 2.24) is 4.98 Å². The minimum absolute atomic E-state index is 0.578. The van der Waals surface area contributed by atoms with Crippen LogP contribution in [-0.4, -0.2) is 18.2 Å². The molecule has 0 bridgehead atoms. The van der Waals surface area contributed by atoms with Gasteiger partial charge >= 0.3 is 0 Å². The second kappa shape index (κ2) is 2.54. The molecule has 0 saturated heterocycles. The van der Waals surface area contributed by atoms with Crippen LogP contribution in [0.4, 0.5) is 0 Å². The fraction of sp³-hybridized carbons (Fsp3) is 0.286. The average molecular weight is 169 g/mol. The molecule has 11 heavy (non-hydrogen) atoms. The van der Waals surface area contributed by atoms with E-state index in [4.69, 9.17) is 21.7 Å². The molecule has 0 aliphatic carbocycles. The minimum Gasteiger partial charge on any atom is -0.483 e. The van der Waals surface area contributed by atoms with Crippen LogP contribution in [-0.2, 0) is 0 Å². The van der Waals surface area contributed by atoms with E-state index in [0.717, 1.165) is 0 Å². The lowest BCUT2D eigenvalue weighted by atomic mass is 10.4. The monoisotopic (exact) mass is 169 g/mol. The summed E-state index contributed by atoms with van der Waals surface area (Å²) in [7, 11) is 0. The number of ether oxygens (including phenoxy) is 2. The van der Waals surface area contributed by atoms with Crippen LogP contribution in [0.1, 0.15) is 0 Å². The van der Waals surface area contributed by atoms with Gasteiger partial charge < -0.3 is 14.5 Å². The van der Waals surface area contributed by atoms with Crippen molar-refractivity contribution in [1.29, 1.82) is 0 Å². The van der Waals surface area contributed by atoms with Crippen molar-refractivity contribution in [2.45, 2.75) is 0 Å². The van der Waals surface area contributed by atoms with Gasteiger partial charge in [0.25, 0.3) is 0 Å². The molecule has 0 saturated carbocycles. The molecule has 2 rings (SSSR count). The fourth-order valence-electron chi connectivity index (χ4n) is 0.978. The van der Waals surface area contributed by atoms with E-state index in [0.29, 0.717) is 29.4 Å². The summed E-state index contributed by atoms with van der Waals surface area (Å²) in [6.07, 6.45) is 1.75. The second-order valence-electron chi connectivity index (χ2n) is 2.20. The van der Waals surface area contributed by atoms with Gasteiger partial charge in [-0.1, -0.05) is 12.2 Å². The van der Waals surface area contributed by atoms with Crippen molar-refractivity contribution >= 4 is 12.2 Å². The Morgan fingerprint density at radius 3 is 3.00 bits per heavy atom. The lowest BCUT2D eigenvalue weighted by Gasteiger charge is -2.16. The molecule has 1 aliphatic rings. The highest BCUT2D eigenvalue weighted by atomic mass is 32.1. The molecule has 0 fully saturated rings. The van der Waals surface area contributed by atoms with Crippen molar-refractivity contribution in [2.75, 3.05) is 13.2 Å². The van der Waals surface area contributed by atoms with Crippen molar-refractivity contribution in [3.8, 4) is 11.6 Å². The summed E-state index contributed by atoms with van der Waals surface area (Å²) in [5.74, 6) is 1.30. The van der Waals surface area contributed by atoms with Gasteiger partial charge in [0.2, 0.25) is 5.88 Å². The first-order chi connectivity index (χ1) is 5.38. The normalized spacial score (nSPS) is 14.5. The molecule has 1 N–H and O–H groups in total. The largest absolute Gasteiger partial charge is 0.483 e. The highest BCUT2D eigenvalue weighted by molar-refractivity contribution is 7.71. The Kier molecular flexibility index (Phi) is 1.54. The molecule has 4 heteroatoms. The van der Waals surface area contributed by atoms with Gasteiger partial charge in [0.1, 0.15) is 13.2 Å². The summed E-state index contributed by atoms with van der Waals surface area (Å²) in [5.41, 5.74) is 0. The highest BCUT2D eigenvalue weighted by Gasteiger charge is 2.11. The molecule has 0 unspecified atom stereocenters. The molecule has 0 aromatic carbocycles.